The molecule has 0 aromatic carbocycles. The molecule has 0 amide bonds. The van der Waals surface area contributed by atoms with Crippen LogP contribution in [-0.2, 0) is 0 Å². The van der Waals surface area contributed by atoms with E-state index >= 15 is 0 Å². The van der Waals surface area contributed by atoms with Gasteiger partial charge in [0.05, 0.1) is 0 Å². The highest BCUT2D eigenvalue weighted by Gasteiger charge is 2.22. The quantitative estimate of drug-likeness (QED) is 0.723. The van der Waals surface area contributed by atoms with Crippen molar-refractivity contribution in [2.45, 2.75) is 19.3 Å². The summed E-state index contributed by atoms with van der Waals surface area (Å²) >= 11 is 0. The van der Waals surface area contributed by atoms with Crippen molar-refractivity contribution in [3.05, 3.63) is 11.9 Å². The lowest BCUT2D eigenvalue weighted by atomic mass is 9.85. The number of anilines is 2. The minimum absolute atomic E-state index is 0.790. The van der Waals surface area contributed by atoms with Crippen LogP contribution in [-0.4, -0.2) is 60.9 Å². The zero-order valence-corrected chi connectivity index (χ0v) is 12.8. The van der Waals surface area contributed by atoms with Crippen LogP contribution in [0.2, 0.25) is 0 Å². The number of rotatable bonds is 5. The molecule has 6 heteroatoms. The molecule has 3 rings (SSSR count). The van der Waals surface area contributed by atoms with Crippen LogP contribution >= 0.6 is 0 Å². The Hall–Kier alpha value is -1.69. The van der Waals surface area contributed by atoms with E-state index in [9.17, 15) is 0 Å². The Kier molecular flexibility index (Phi) is 4.34. The Morgan fingerprint density at radius 1 is 1.29 bits per heavy atom. The van der Waals surface area contributed by atoms with E-state index in [4.69, 9.17) is 5.41 Å². The molecule has 114 valence electrons. The molecule has 3 N–H and O–H groups in total. The Morgan fingerprint density at radius 3 is 2.67 bits per heavy atom. The molecular formula is C15H25N6+. The normalized spacial score (nSPS) is 20.1. The van der Waals surface area contributed by atoms with Crippen molar-refractivity contribution < 1.29 is 5.41 Å². The average Bonchev–Trinajstić information content (AvgIpc) is 2.46. The summed E-state index contributed by atoms with van der Waals surface area (Å²) in [6, 6.07) is 0. The average molecular weight is 289 g/mol. The van der Waals surface area contributed by atoms with Crippen LogP contribution in [0.5, 0.6) is 0 Å². The van der Waals surface area contributed by atoms with Gasteiger partial charge in [-0.2, -0.15) is 0 Å². The second-order valence-electron chi connectivity index (χ2n) is 6.09. The van der Waals surface area contributed by atoms with Crippen LogP contribution in [0, 0.1) is 5.92 Å². The van der Waals surface area contributed by atoms with Gasteiger partial charge in [-0.15, -0.1) is 0 Å². The predicted octanol–water partition coefficient (Wildman–Crippen LogP) is -0.382. The third-order valence-electron chi connectivity index (χ3n) is 4.62. The van der Waals surface area contributed by atoms with Crippen LogP contribution in [0.4, 0.5) is 11.6 Å². The molecule has 0 atom stereocenters. The highest BCUT2D eigenvalue weighted by Crippen LogP contribution is 2.27. The second-order valence-corrected chi connectivity index (χ2v) is 6.09. The number of nitrogens with one attached hydrogen (secondary N) is 1. The number of piperazine rings is 1. The smallest absolute Gasteiger partial charge is 0.174 e. The van der Waals surface area contributed by atoms with Crippen molar-refractivity contribution in [2.24, 2.45) is 5.92 Å². The lowest BCUT2D eigenvalue weighted by molar-refractivity contribution is -0.104. The maximum atomic E-state index is 5.86. The molecule has 2 fully saturated rings. The van der Waals surface area contributed by atoms with E-state index in [1.807, 2.05) is 0 Å². The fourth-order valence-corrected chi connectivity index (χ4v) is 2.89. The van der Waals surface area contributed by atoms with Crippen LogP contribution in [0.25, 0.3) is 0 Å². The molecular weight excluding hydrogens is 264 g/mol. The van der Waals surface area contributed by atoms with Gasteiger partial charge in [-0.25, -0.2) is 9.97 Å². The van der Waals surface area contributed by atoms with E-state index < -0.39 is 0 Å². The molecule has 1 aromatic heterocycles. The molecule has 0 bridgehead atoms. The van der Waals surface area contributed by atoms with E-state index in [0.717, 1.165) is 55.8 Å². The molecule has 2 heterocycles. The van der Waals surface area contributed by atoms with E-state index in [0.29, 0.717) is 0 Å². The summed E-state index contributed by atoms with van der Waals surface area (Å²) in [6.45, 7) is 5.06. The molecule has 6 nitrogen and oxygen atoms in total. The van der Waals surface area contributed by atoms with Crippen molar-refractivity contribution in [1.29, 1.82) is 0 Å². The molecule has 2 aliphatic rings. The van der Waals surface area contributed by atoms with Crippen LogP contribution in [0.1, 0.15) is 24.8 Å². The SMILES string of the molecule is CN1CCN(c2ncnc(NCC3CCC3)c2C=[NH2+])CC1. The molecule has 0 radical (unpaired) electrons. The Labute approximate surface area is 126 Å². The zero-order valence-electron chi connectivity index (χ0n) is 12.8. The number of hydrogen-bond donors (Lipinski definition) is 2. The van der Waals surface area contributed by atoms with E-state index in [1.165, 1.54) is 19.3 Å². The van der Waals surface area contributed by atoms with Crippen LogP contribution < -0.4 is 15.6 Å². The van der Waals surface area contributed by atoms with Gasteiger partial charge in [-0.05, 0) is 25.8 Å². The number of aromatic nitrogens is 2. The van der Waals surface area contributed by atoms with E-state index in [1.54, 1.807) is 12.5 Å². The number of likely N-dealkylation sites (N-methyl/N-ethyl adjacent to an activating group) is 1. The second kappa shape index (κ2) is 6.39. The van der Waals surface area contributed by atoms with Crippen molar-refractivity contribution in [2.75, 3.05) is 50.0 Å². The predicted molar refractivity (Wildman–Crippen MR) is 84.7 cm³/mol. The monoisotopic (exact) mass is 289 g/mol. The molecule has 1 aromatic rings. The highest BCUT2D eigenvalue weighted by atomic mass is 15.3. The van der Waals surface area contributed by atoms with Crippen molar-refractivity contribution >= 4 is 17.9 Å². The first kappa shape index (κ1) is 14.3. The topological polar surface area (TPSA) is 69.9 Å². The maximum absolute atomic E-state index is 5.86. The molecule has 1 aliphatic carbocycles. The fraction of sp³-hybridized carbons (Fsp3) is 0.667. The first-order valence-corrected chi connectivity index (χ1v) is 7.85. The first-order chi connectivity index (χ1) is 10.3. The first-order valence-electron chi connectivity index (χ1n) is 7.85. The van der Waals surface area contributed by atoms with Crippen molar-refractivity contribution in [3.63, 3.8) is 0 Å². The third kappa shape index (κ3) is 3.15. The molecule has 1 saturated carbocycles. The Morgan fingerprint density at radius 2 is 2.05 bits per heavy atom. The molecule has 0 spiro atoms. The van der Waals surface area contributed by atoms with Gasteiger partial charge in [0.2, 0.25) is 0 Å². The summed E-state index contributed by atoms with van der Waals surface area (Å²) < 4.78 is 0. The van der Waals surface area contributed by atoms with Crippen LogP contribution in [0.3, 0.4) is 0 Å². The minimum Gasteiger partial charge on any atom is -0.369 e. The van der Waals surface area contributed by atoms with E-state index in [-0.39, 0.29) is 0 Å². The number of nitrogens with zero attached hydrogens (tertiary/aromatic N) is 4. The fourth-order valence-electron chi connectivity index (χ4n) is 2.89. The highest BCUT2D eigenvalue weighted by molar-refractivity contribution is 5.89. The number of nitrogens with two attached hydrogens (primary N) is 1. The van der Waals surface area contributed by atoms with Gasteiger partial charge in [-0.1, -0.05) is 6.42 Å². The summed E-state index contributed by atoms with van der Waals surface area (Å²) in [6.07, 6.45) is 7.29. The summed E-state index contributed by atoms with van der Waals surface area (Å²) in [7, 11) is 2.15. The third-order valence-corrected chi connectivity index (χ3v) is 4.62. The Balaban J connectivity index is 1.74. The van der Waals surface area contributed by atoms with Gasteiger partial charge in [-0.3, -0.25) is 5.41 Å². The van der Waals surface area contributed by atoms with Crippen molar-refractivity contribution in [1.82, 2.24) is 14.9 Å². The van der Waals surface area contributed by atoms with E-state index in [2.05, 4.69) is 32.1 Å². The summed E-state index contributed by atoms with van der Waals surface area (Å²) in [4.78, 5) is 13.5. The summed E-state index contributed by atoms with van der Waals surface area (Å²) in [5.74, 6) is 2.61. The molecule has 21 heavy (non-hydrogen) atoms. The zero-order chi connectivity index (χ0) is 14.7. The lowest BCUT2D eigenvalue weighted by Gasteiger charge is -2.34. The van der Waals surface area contributed by atoms with Gasteiger partial charge >= 0.3 is 0 Å². The van der Waals surface area contributed by atoms with Gasteiger partial charge in [0.25, 0.3) is 0 Å². The largest absolute Gasteiger partial charge is 0.369 e. The molecule has 1 aliphatic heterocycles. The van der Waals surface area contributed by atoms with Gasteiger partial charge in [0, 0.05) is 32.7 Å². The summed E-state index contributed by atoms with van der Waals surface area (Å²) in [5, 5.41) is 9.31. The Bertz CT molecular complexity index is 491. The number of hydrogen-bond acceptors (Lipinski definition) is 5. The van der Waals surface area contributed by atoms with Crippen LogP contribution in [0.15, 0.2) is 6.33 Å². The van der Waals surface area contributed by atoms with Gasteiger partial charge in [0.15, 0.2) is 6.21 Å². The molecule has 1 saturated heterocycles. The molecule has 0 unspecified atom stereocenters. The van der Waals surface area contributed by atoms with Crippen molar-refractivity contribution in [3.8, 4) is 0 Å². The standard InChI is InChI=1S/C15H24N6/c1-20-5-7-21(8-6-20)15-13(9-16)14(18-11-19-15)17-10-12-3-2-4-12/h9,11-12,16H,2-8,10H2,1H3,(H,17,18,19)/p+1. The minimum atomic E-state index is 0.790. The lowest BCUT2D eigenvalue weighted by Crippen LogP contribution is -2.45. The maximum Gasteiger partial charge on any atom is 0.174 e. The van der Waals surface area contributed by atoms with Gasteiger partial charge in [0.1, 0.15) is 23.5 Å². The summed E-state index contributed by atoms with van der Waals surface area (Å²) in [5.41, 5.74) is 0.932. The van der Waals surface area contributed by atoms with Gasteiger partial charge < -0.3 is 15.1 Å².